The second-order valence-corrected chi connectivity index (χ2v) is 6.65. The minimum absolute atomic E-state index is 0.104. The molecule has 3 aromatic rings. The summed E-state index contributed by atoms with van der Waals surface area (Å²) in [7, 11) is 5.97. The number of nitrogens with zero attached hydrogens (tertiary/aromatic N) is 2. The number of aromatic carboxylic acids is 1. The number of aromatic nitrogens is 2. The monoisotopic (exact) mass is 450 g/mol. The molecule has 0 amide bonds. The van der Waals surface area contributed by atoms with E-state index >= 15 is 0 Å². The van der Waals surface area contributed by atoms with Gasteiger partial charge in [-0.15, -0.1) is 0 Å². The molecule has 0 aliphatic rings. The third-order valence-electron chi connectivity index (χ3n) is 4.78. The zero-order chi connectivity index (χ0) is 24.0. The highest BCUT2D eigenvalue weighted by Gasteiger charge is 2.18. The first-order chi connectivity index (χ1) is 15.9. The fourth-order valence-corrected chi connectivity index (χ4v) is 3.09. The molecule has 9 nitrogen and oxygen atoms in total. The van der Waals surface area contributed by atoms with E-state index < -0.39 is 5.97 Å². The summed E-state index contributed by atoms with van der Waals surface area (Å²) in [6.07, 6.45) is 4.54. The largest absolute Gasteiger partial charge is 0.496 e. The van der Waals surface area contributed by atoms with Crippen LogP contribution in [-0.2, 0) is 0 Å². The molecular formula is C24H22N2O7. The Balaban J connectivity index is 2.02. The summed E-state index contributed by atoms with van der Waals surface area (Å²) in [5.74, 6) is -0.0922. The van der Waals surface area contributed by atoms with Crippen LogP contribution < -0.4 is 18.9 Å². The van der Waals surface area contributed by atoms with Gasteiger partial charge in [0.2, 0.25) is 5.88 Å². The van der Waals surface area contributed by atoms with Crippen molar-refractivity contribution in [2.45, 2.75) is 0 Å². The van der Waals surface area contributed by atoms with Gasteiger partial charge in [-0.05, 0) is 30.4 Å². The minimum Gasteiger partial charge on any atom is -0.496 e. The standard InChI is InChI=1S/C24H22N2O7/c1-30-20-12-21(31-2)17(18-13-25-24(33-4)26-22(18)32-3)11-16(20)9-10-19(27)14-5-7-15(8-6-14)23(28)29/h5-13H,1-4H3,(H,28,29)/b10-9+. The van der Waals surface area contributed by atoms with E-state index in [9.17, 15) is 9.59 Å². The van der Waals surface area contributed by atoms with Crippen LogP contribution in [-0.4, -0.2) is 55.3 Å². The second-order valence-electron chi connectivity index (χ2n) is 6.65. The zero-order valence-corrected chi connectivity index (χ0v) is 18.5. The SMILES string of the molecule is COc1ncc(-c2cc(/C=C/C(=O)c3ccc(C(=O)O)cc3)c(OC)cc2OC)c(OC)n1. The first-order valence-electron chi connectivity index (χ1n) is 9.69. The van der Waals surface area contributed by atoms with Crippen LogP contribution in [0.5, 0.6) is 23.4 Å². The van der Waals surface area contributed by atoms with Crippen LogP contribution in [0.25, 0.3) is 17.2 Å². The lowest BCUT2D eigenvalue weighted by Crippen LogP contribution is -2.00. The number of ketones is 1. The summed E-state index contributed by atoms with van der Waals surface area (Å²) in [6, 6.07) is 9.30. The van der Waals surface area contributed by atoms with E-state index in [4.69, 9.17) is 24.1 Å². The van der Waals surface area contributed by atoms with Gasteiger partial charge < -0.3 is 24.1 Å². The van der Waals surface area contributed by atoms with Crippen molar-refractivity contribution in [2.75, 3.05) is 28.4 Å². The van der Waals surface area contributed by atoms with E-state index in [1.54, 1.807) is 24.4 Å². The lowest BCUT2D eigenvalue weighted by Gasteiger charge is -2.15. The van der Waals surface area contributed by atoms with Crippen molar-refractivity contribution >= 4 is 17.8 Å². The van der Waals surface area contributed by atoms with E-state index in [0.717, 1.165) is 0 Å². The molecule has 0 aliphatic carbocycles. The Kier molecular flexibility index (Phi) is 7.24. The van der Waals surface area contributed by atoms with Crippen LogP contribution in [0, 0.1) is 0 Å². The van der Waals surface area contributed by atoms with Crippen molar-refractivity contribution in [1.82, 2.24) is 9.97 Å². The molecule has 9 heteroatoms. The highest BCUT2D eigenvalue weighted by molar-refractivity contribution is 6.07. The Labute approximate surface area is 190 Å². The third kappa shape index (κ3) is 5.09. The highest BCUT2D eigenvalue weighted by Crippen LogP contribution is 2.40. The fraction of sp³-hybridized carbons (Fsp3) is 0.167. The number of carboxylic acid groups (broad SMARTS) is 1. The van der Waals surface area contributed by atoms with Crippen molar-refractivity contribution in [3.8, 4) is 34.5 Å². The summed E-state index contributed by atoms with van der Waals surface area (Å²) >= 11 is 0. The van der Waals surface area contributed by atoms with Crippen LogP contribution in [0.4, 0.5) is 0 Å². The molecule has 0 saturated carbocycles. The summed E-state index contributed by atoms with van der Waals surface area (Å²) in [5, 5.41) is 9.01. The maximum absolute atomic E-state index is 12.6. The van der Waals surface area contributed by atoms with Crippen LogP contribution in [0.15, 0.2) is 48.7 Å². The summed E-state index contributed by atoms with van der Waals surface area (Å²) in [6.45, 7) is 0. The van der Waals surface area contributed by atoms with Crippen molar-refractivity contribution in [3.63, 3.8) is 0 Å². The van der Waals surface area contributed by atoms with Gasteiger partial charge in [-0.1, -0.05) is 12.1 Å². The number of methoxy groups -OCH3 is 4. The molecular weight excluding hydrogens is 428 g/mol. The topological polar surface area (TPSA) is 117 Å². The van der Waals surface area contributed by atoms with Gasteiger partial charge >= 0.3 is 12.0 Å². The minimum atomic E-state index is -1.06. The average molecular weight is 450 g/mol. The number of hydrogen-bond donors (Lipinski definition) is 1. The molecule has 0 saturated heterocycles. The molecule has 170 valence electrons. The highest BCUT2D eigenvalue weighted by atomic mass is 16.5. The number of rotatable bonds is 9. The fourth-order valence-electron chi connectivity index (χ4n) is 3.09. The van der Waals surface area contributed by atoms with Crippen LogP contribution in [0.1, 0.15) is 26.3 Å². The van der Waals surface area contributed by atoms with E-state index in [-0.39, 0.29) is 23.2 Å². The maximum atomic E-state index is 12.6. The van der Waals surface area contributed by atoms with Gasteiger partial charge in [0.1, 0.15) is 11.5 Å². The average Bonchev–Trinajstić information content (AvgIpc) is 2.86. The third-order valence-corrected chi connectivity index (χ3v) is 4.78. The van der Waals surface area contributed by atoms with Gasteiger partial charge in [0.05, 0.1) is 39.6 Å². The Morgan fingerprint density at radius 1 is 0.848 bits per heavy atom. The first kappa shape index (κ1) is 23.3. The molecule has 33 heavy (non-hydrogen) atoms. The van der Waals surface area contributed by atoms with Crippen LogP contribution in [0.3, 0.4) is 0 Å². The number of carbonyl (C=O) groups is 2. The number of allylic oxidation sites excluding steroid dienone is 1. The Hall–Kier alpha value is -4.40. The van der Waals surface area contributed by atoms with Crippen molar-refractivity contribution in [2.24, 2.45) is 0 Å². The molecule has 1 heterocycles. The van der Waals surface area contributed by atoms with E-state index in [0.29, 0.717) is 33.8 Å². The van der Waals surface area contributed by atoms with Gasteiger partial charge in [-0.25, -0.2) is 9.78 Å². The van der Waals surface area contributed by atoms with E-state index in [1.165, 1.54) is 58.8 Å². The normalized spacial score (nSPS) is 10.7. The molecule has 0 aliphatic heterocycles. The number of carboxylic acids is 1. The molecule has 0 unspecified atom stereocenters. The van der Waals surface area contributed by atoms with Gasteiger partial charge in [-0.2, -0.15) is 4.98 Å². The molecule has 0 spiro atoms. The lowest BCUT2D eigenvalue weighted by molar-refractivity contribution is 0.0696. The Bertz CT molecular complexity index is 1200. The van der Waals surface area contributed by atoms with Gasteiger partial charge in [0.15, 0.2) is 5.78 Å². The summed E-state index contributed by atoms with van der Waals surface area (Å²) in [5.41, 5.74) is 2.24. The molecule has 0 bridgehead atoms. The summed E-state index contributed by atoms with van der Waals surface area (Å²) in [4.78, 5) is 32.0. The maximum Gasteiger partial charge on any atom is 0.335 e. The van der Waals surface area contributed by atoms with E-state index in [1.807, 2.05) is 0 Å². The molecule has 1 aromatic heterocycles. The predicted octanol–water partition coefficient (Wildman–Crippen LogP) is 3.77. The predicted molar refractivity (Wildman–Crippen MR) is 120 cm³/mol. The van der Waals surface area contributed by atoms with E-state index in [2.05, 4.69) is 9.97 Å². The molecule has 2 aromatic carbocycles. The lowest BCUT2D eigenvalue weighted by atomic mass is 10.0. The molecule has 0 radical (unpaired) electrons. The number of benzene rings is 2. The van der Waals surface area contributed by atoms with Crippen molar-refractivity contribution < 1.29 is 33.6 Å². The molecule has 0 atom stereocenters. The Morgan fingerprint density at radius 2 is 1.52 bits per heavy atom. The van der Waals surface area contributed by atoms with Crippen LogP contribution in [0.2, 0.25) is 0 Å². The molecule has 0 fully saturated rings. The zero-order valence-electron chi connectivity index (χ0n) is 18.5. The van der Waals surface area contributed by atoms with Crippen molar-refractivity contribution in [1.29, 1.82) is 0 Å². The van der Waals surface area contributed by atoms with Crippen molar-refractivity contribution in [3.05, 3.63) is 65.4 Å². The smallest absolute Gasteiger partial charge is 0.335 e. The number of carbonyl (C=O) groups excluding carboxylic acids is 1. The number of ether oxygens (including phenoxy) is 4. The van der Waals surface area contributed by atoms with Gasteiger partial charge in [0.25, 0.3) is 0 Å². The quantitative estimate of drug-likeness (QED) is 0.384. The second kappa shape index (κ2) is 10.3. The number of hydrogen-bond acceptors (Lipinski definition) is 8. The Morgan fingerprint density at radius 3 is 2.09 bits per heavy atom. The van der Waals surface area contributed by atoms with Gasteiger partial charge in [-0.3, -0.25) is 4.79 Å². The van der Waals surface area contributed by atoms with Gasteiger partial charge in [0, 0.05) is 29.0 Å². The molecule has 1 N–H and O–H groups in total. The summed E-state index contributed by atoms with van der Waals surface area (Å²) < 4.78 is 21.4. The van der Waals surface area contributed by atoms with Crippen LogP contribution >= 0.6 is 0 Å². The molecule has 3 rings (SSSR count). The first-order valence-corrected chi connectivity index (χ1v) is 9.69.